The lowest BCUT2D eigenvalue weighted by molar-refractivity contribution is 0.0958. The number of ether oxygens (including phenoxy) is 1. The Morgan fingerprint density at radius 1 is 0.415 bits per heavy atom. The van der Waals surface area contributed by atoms with Crippen LogP contribution in [0.3, 0.4) is 0 Å². The van der Waals surface area contributed by atoms with Gasteiger partial charge in [-0.25, -0.2) is 55.3 Å². The molecule has 6 atom stereocenters. The molecule has 0 bridgehead atoms. The van der Waals surface area contributed by atoms with Gasteiger partial charge in [-0.2, -0.15) is 10.2 Å². The normalized spacial score (nSPS) is 21.4. The van der Waals surface area contributed by atoms with Gasteiger partial charge in [0.15, 0.2) is 46.5 Å². The Morgan fingerprint density at radius 2 is 0.775 bits per heavy atom. The number of aromatic nitrogens is 9. The molecule has 1 aromatic carbocycles. The van der Waals surface area contributed by atoms with E-state index in [0.717, 1.165) is 170 Å². The highest BCUT2D eigenvalue weighted by atomic mass is 32.2. The van der Waals surface area contributed by atoms with Crippen LogP contribution in [0.1, 0.15) is 140 Å². The Bertz CT molecular complexity index is 6250. The number of allylic oxidation sites excluding steroid dienone is 4. The summed E-state index contributed by atoms with van der Waals surface area (Å²) in [7, 11) is 1.02. The third kappa shape index (κ3) is 22.7. The summed E-state index contributed by atoms with van der Waals surface area (Å²) < 4.78 is 108. The molecule has 0 saturated carbocycles. The summed E-state index contributed by atoms with van der Waals surface area (Å²) in [5.41, 5.74) is 9.48. The van der Waals surface area contributed by atoms with Crippen molar-refractivity contribution in [2.45, 2.75) is 133 Å². The number of carbonyl (C=O) groups is 4. The number of fused-ring (bicyclic) bond motifs is 4. The monoisotopic (exact) mass is 1970 g/mol. The molecule has 12 aliphatic rings. The standard InChI is InChI=1S/C26H33FN8O.C26H31FN6O2.C24H30F2N8O.C24H30FN7O3S/c1-4-17(2)35-9-5-6-18(16-35)30-25-23(27)20-15-29-26(36)22(20)24(32-25)31-21-8-7-19(14-28-21)34-12-10-33(3)11-13-34;1-3-17(2)33-10-4-5-19(16-33)30-25-23(27)21-15-28-26(34)22(21)24(31-25)29-18-6-8-20(9-7-18)32-11-13-35-14-12-32;1-4-14(2)33-7-5-6-15(10-33)29-23-21(26)17-9-27-24(35)20(17)22(31-23)30-16-8-28-34(11-16)19-13-32(3)12-18(19)25;1-3-15(2)31-8-4-5-16(13-31)28-23-21(25)19-12-26-24(33)20(19)22(30-23)29-17-11-27-32(14-17)18-6-9-36(34,35)10-7-18/h4,7-8,14,18H,1-2,5-6,9-13,15-16H2,3H3,(H,29,36)(H2,28,30,31,32);3,6-9,19H,1-2,4-5,10-16H2,(H,28,34)(H2,29,30,31);4,8,11,15,18-19H,1-2,5-7,9-10,12-13H2,3H3,(H,27,35)(H2,29,30,31);3,11,14,16,18H,1-2,4-10,12-13H2,(H,26,33)(H2,28,29,30). The molecule has 4 amide bonds. The maximum atomic E-state index is 15.4. The van der Waals surface area contributed by atoms with E-state index in [1.807, 2.05) is 54.5 Å². The van der Waals surface area contributed by atoms with Crippen molar-refractivity contribution in [3.63, 3.8) is 0 Å². The molecule has 42 heteroatoms. The summed E-state index contributed by atoms with van der Waals surface area (Å²) in [6, 6.07) is 11.3. The average molecular weight is 1970 g/mol. The number of piperidine rings is 4. The van der Waals surface area contributed by atoms with Crippen LogP contribution in [-0.2, 0) is 40.8 Å². The summed E-state index contributed by atoms with van der Waals surface area (Å²) in [5.74, 6) is -1.05. The molecule has 8 saturated heterocycles. The second-order valence-corrected chi connectivity index (χ2v) is 39.9. The van der Waals surface area contributed by atoms with E-state index >= 15 is 17.6 Å². The molecule has 142 heavy (non-hydrogen) atoms. The van der Waals surface area contributed by atoms with Gasteiger partial charge in [0.1, 0.15) is 45.1 Å². The number of nitrogens with zero attached hydrogens (tertiary/aromatic N) is 17. The zero-order chi connectivity index (χ0) is 99.7. The van der Waals surface area contributed by atoms with Crippen LogP contribution in [0.4, 0.5) is 103 Å². The maximum absolute atomic E-state index is 15.4. The Labute approximate surface area is 822 Å². The number of rotatable bonds is 28. The maximum Gasteiger partial charge on any atom is 0.255 e. The van der Waals surface area contributed by atoms with Crippen molar-refractivity contribution < 1.29 is 54.3 Å². The molecule has 20 rings (SSSR count). The van der Waals surface area contributed by atoms with Crippen LogP contribution >= 0.6 is 0 Å². The van der Waals surface area contributed by atoms with Crippen LogP contribution in [0.25, 0.3) is 0 Å². The van der Waals surface area contributed by atoms with E-state index < -0.39 is 39.3 Å². The predicted octanol–water partition coefficient (Wildman–Crippen LogP) is 12.1. The minimum atomic E-state index is -2.98. The van der Waals surface area contributed by atoms with Crippen molar-refractivity contribution in [3.8, 4) is 0 Å². The van der Waals surface area contributed by atoms with Gasteiger partial charge in [-0.1, -0.05) is 52.6 Å². The third-order valence-electron chi connectivity index (χ3n) is 27.9. The van der Waals surface area contributed by atoms with Gasteiger partial charge in [-0.05, 0) is 139 Å². The molecule has 8 aromatic rings. The number of benzene rings is 1. The molecule has 752 valence electrons. The minimum Gasteiger partial charge on any atom is -0.378 e. The van der Waals surface area contributed by atoms with Gasteiger partial charge in [-0.3, -0.25) is 28.5 Å². The molecule has 6 unspecified atom stereocenters. The lowest BCUT2D eigenvalue weighted by Gasteiger charge is -2.35. The SMILES string of the molecule is C=CC(=C)N1CCCC(Nc2nc(Nc3ccc(N4CCN(C)CC4)cn3)c3c(c2F)CNC3=O)C1.C=CC(=C)N1CCCC(Nc2nc(Nc3ccc(N4CCOCC4)cc3)c3c(c2F)CNC3=O)C1.C=CC(=C)N1CCCC(Nc2nc(Nc3cnn(C4CCS(=O)(=O)CC4)c3)c3c(c2F)CNC3=O)C1.C=CC(=C)N1CCCC(Nc2nc(Nc3cnn(C4CN(C)CC4F)c3)c3c(c2F)CNC3=O)C1. The summed E-state index contributed by atoms with van der Waals surface area (Å²) in [5, 5.41) is 45.2. The zero-order valence-electron chi connectivity index (χ0n) is 80.2. The average Bonchev–Trinajstić information content (AvgIpc) is 1.64. The Kier molecular flexibility index (Phi) is 30.8. The Balaban J connectivity index is 0.000000130. The second-order valence-electron chi connectivity index (χ2n) is 37.6. The minimum absolute atomic E-state index is 0.00518. The van der Waals surface area contributed by atoms with Gasteiger partial charge < -0.3 is 108 Å². The van der Waals surface area contributed by atoms with Gasteiger partial charge in [0.05, 0.1) is 94.7 Å². The highest BCUT2D eigenvalue weighted by Crippen LogP contribution is 2.40. The van der Waals surface area contributed by atoms with Crippen molar-refractivity contribution in [1.29, 1.82) is 0 Å². The number of amides is 4. The fraction of sp³-hybridized carbons (Fsp3) is 0.430. The molecule has 19 heterocycles. The molecule has 12 aliphatic heterocycles. The number of sulfone groups is 1. The van der Waals surface area contributed by atoms with Gasteiger partial charge in [0.2, 0.25) is 0 Å². The third-order valence-corrected chi connectivity index (χ3v) is 29.6. The highest BCUT2D eigenvalue weighted by Gasteiger charge is 2.40. The number of morpholine rings is 1. The van der Waals surface area contributed by atoms with Gasteiger partial charge in [0.25, 0.3) is 23.6 Å². The fourth-order valence-electron chi connectivity index (χ4n) is 19.9. The molecular weight excluding hydrogens is 1850 g/mol. The molecule has 12 N–H and O–H groups in total. The number of hydrogen-bond donors (Lipinski definition) is 12. The molecule has 0 aliphatic carbocycles. The number of halogens is 5. The quantitative estimate of drug-likeness (QED) is 0.0160. The number of likely N-dealkylation sites (N-methyl/N-ethyl adjacent to an activating group) is 2. The Morgan fingerprint density at radius 3 is 1.14 bits per heavy atom. The van der Waals surface area contributed by atoms with Gasteiger partial charge in [-0.15, -0.1) is 0 Å². The van der Waals surface area contributed by atoms with E-state index in [1.54, 1.807) is 58.5 Å². The number of carbonyl (C=O) groups excluding carboxylic acids is 4. The molecule has 0 radical (unpaired) electrons. The summed E-state index contributed by atoms with van der Waals surface area (Å²) in [6.07, 6.45) is 22.5. The van der Waals surface area contributed by atoms with E-state index in [1.165, 1.54) is 0 Å². The largest absolute Gasteiger partial charge is 0.378 e. The van der Waals surface area contributed by atoms with E-state index in [0.29, 0.717) is 92.1 Å². The Hall–Kier alpha value is -14.1. The van der Waals surface area contributed by atoms with Crippen LogP contribution < -0.4 is 73.6 Å². The van der Waals surface area contributed by atoms with Crippen molar-refractivity contribution in [3.05, 3.63) is 235 Å². The van der Waals surface area contributed by atoms with Gasteiger partial charge >= 0.3 is 0 Å². The second kappa shape index (κ2) is 43.9. The van der Waals surface area contributed by atoms with Crippen molar-refractivity contribution in [2.24, 2.45) is 0 Å². The summed E-state index contributed by atoms with van der Waals surface area (Å²) in [4.78, 5) is 89.9. The van der Waals surface area contributed by atoms with Crippen molar-refractivity contribution in [1.82, 2.24) is 95.1 Å². The number of hydrogen-bond acceptors (Lipinski definition) is 30. The number of likely N-dealkylation sites (tertiary alicyclic amines) is 5. The zero-order valence-corrected chi connectivity index (χ0v) is 81.0. The fourth-order valence-corrected chi connectivity index (χ4v) is 21.4. The van der Waals surface area contributed by atoms with Crippen LogP contribution in [0.5, 0.6) is 0 Å². The lowest BCUT2D eigenvalue weighted by Crippen LogP contribution is -2.44. The number of anilines is 14. The van der Waals surface area contributed by atoms with E-state index in [-0.39, 0.29) is 166 Å². The van der Waals surface area contributed by atoms with E-state index in [4.69, 9.17) is 4.74 Å². The smallest absolute Gasteiger partial charge is 0.255 e. The lowest BCUT2D eigenvalue weighted by atomic mass is 10.0. The van der Waals surface area contributed by atoms with Crippen LogP contribution in [0.2, 0.25) is 0 Å². The summed E-state index contributed by atoms with van der Waals surface area (Å²) in [6.45, 7) is 45.9. The number of pyridine rings is 5. The first-order valence-electron chi connectivity index (χ1n) is 48.4. The number of nitrogens with one attached hydrogen (secondary N) is 12. The predicted molar refractivity (Wildman–Crippen MR) is 541 cm³/mol. The summed E-state index contributed by atoms with van der Waals surface area (Å²) >= 11 is 0. The first-order valence-corrected chi connectivity index (χ1v) is 50.2. The highest BCUT2D eigenvalue weighted by molar-refractivity contribution is 7.91. The van der Waals surface area contributed by atoms with Crippen LogP contribution in [-0.4, -0.2) is 280 Å². The van der Waals surface area contributed by atoms with Crippen LogP contribution in [0, 0.1) is 23.3 Å². The molecule has 0 spiro atoms. The first kappa shape index (κ1) is 99.4. The van der Waals surface area contributed by atoms with Crippen molar-refractivity contribution in [2.75, 3.05) is 196 Å². The first-order chi connectivity index (χ1) is 68.5. The molecular formula is C100H124F5N29O7S. The number of alkyl halides is 1. The van der Waals surface area contributed by atoms with E-state index in [9.17, 15) is 32.0 Å². The molecule has 36 nitrogen and oxygen atoms in total. The molecule has 8 fully saturated rings. The van der Waals surface area contributed by atoms with E-state index in [2.05, 4.69) is 193 Å². The van der Waals surface area contributed by atoms with Gasteiger partial charge in [0, 0.05) is 224 Å². The molecule has 7 aromatic heterocycles. The number of piperazine rings is 1. The van der Waals surface area contributed by atoms with Crippen molar-refractivity contribution >= 4 is 114 Å². The topological polar surface area (TPSA) is 382 Å². The van der Waals surface area contributed by atoms with Crippen LogP contribution in [0.15, 0.2) is 167 Å².